The molecule has 2 amide bonds. The van der Waals surface area contributed by atoms with Crippen molar-refractivity contribution in [2.24, 2.45) is 0 Å². The number of hydrogen-bond acceptors (Lipinski definition) is 3. The quantitative estimate of drug-likeness (QED) is 0.791. The lowest BCUT2D eigenvalue weighted by molar-refractivity contribution is -0.130. The fourth-order valence-corrected chi connectivity index (χ4v) is 4.27. The number of nitrogens with zero attached hydrogens (tertiary/aromatic N) is 2. The summed E-state index contributed by atoms with van der Waals surface area (Å²) >= 11 is 6.33. The van der Waals surface area contributed by atoms with E-state index in [1.54, 1.807) is 4.90 Å². The molecule has 0 bridgehead atoms. The molecule has 1 N–H and O–H groups in total. The third-order valence-corrected chi connectivity index (χ3v) is 6.23. The summed E-state index contributed by atoms with van der Waals surface area (Å²) in [6.07, 6.45) is 5.41. The lowest BCUT2D eigenvalue weighted by atomic mass is 9.96. The van der Waals surface area contributed by atoms with Crippen LogP contribution in [0.4, 0.5) is 0 Å². The summed E-state index contributed by atoms with van der Waals surface area (Å²) in [6, 6.07) is 10.6. The number of carbonyl (C=O) groups excluding carboxylic acids is 2. The fourth-order valence-electron chi connectivity index (χ4n) is 3.94. The molecule has 0 radical (unpaired) electrons. The van der Waals surface area contributed by atoms with E-state index >= 15 is 0 Å². The van der Waals surface area contributed by atoms with E-state index < -0.39 is 0 Å². The number of likely N-dealkylation sites (tertiary alicyclic amines) is 1. The molecule has 1 saturated carbocycles. The summed E-state index contributed by atoms with van der Waals surface area (Å²) in [6.45, 7) is 1.92. The number of carbonyl (C=O) groups is 2. The van der Waals surface area contributed by atoms with Crippen LogP contribution in [0.15, 0.2) is 47.4 Å². The van der Waals surface area contributed by atoms with Gasteiger partial charge in [-0.1, -0.05) is 29.8 Å². The van der Waals surface area contributed by atoms with Gasteiger partial charge in [0.2, 0.25) is 5.91 Å². The first-order valence-electron chi connectivity index (χ1n) is 10.00. The smallest absolute Gasteiger partial charge is 0.252 e. The molecule has 1 aliphatic carbocycles. The molecule has 0 spiro atoms. The maximum atomic E-state index is 12.7. The number of nitrogens with one attached hydrogen (secondary N) is 1. The van der Waals surface area contributed by atoms with E-state index in [-0.39, 0.29) is 29.3 Å². The molecular weight excluding hydrogens is 390 g/mol. The number of aromatic nitrogens is 1. The summed E-state index contributed by atoms with van der Waals surface area (Å²) in [4.78, 5) is 38.9. The maximum Gasteiger partial charge on any atom is 0.252 e. The van der Waals surface area contributed by atoms with E-state index in [1.807, 2.05) is 24.3 Å². The van der Waals surface area contributed by atoms with Gasteiger partial charge in [-0.05, 0) is 43.4 Å². The van der Waals surface area contributed by atoms with Crippen molar-refractivity contribution >= 4 is 23.4 Å². The second kappa shape index (κ2) is 8.03. The first-order chi connectivity index (χ1) is 14.0. The summed E-state index contributed by atoms with van der Waals surface area (Å²) in [5, 5.41) is 3.69. The predicted molar refractivity (Wildman–Crippen MR) is 111 cm³/mol. The van der Waals surface area contributed by atoms with Gasteiger partial charge < -0.3 is 14.8 Å². The van der Waals surface area contributed by atoms with Crippen LogP contribution in [0.3, 0.4) is 0 Å². The summed E-state index contributed by atoms with van der Waals surface area (Å²) in [5.74, 6) is -0.344. The Morgan fingerprint density at radius 2 is 1.79 bits per heavy atom. The molecule has 4 rings (SSSR count). The molecule has 2 aromatic rings. The van der Waals surface area contributed by atoms with E-state index in [0.717, 1.165) is 44.3 Å². The van der Waals surface area contributed by atoms with E-state index in [0.29, 0.717) is 17.1 Å². The van der Waals surface area contributed by atoms with E-state index in [2.05, 4.69) is 5.32 Å². The maximum absolute atomic E-state index is 12.7. The van der Waals surface area contributed by atoms with Crippen LogP contribution in [0, 0.1) is 0 Å². The topological polar surface area (TPSA) is 71.4 Å². The normalized spacial score (nSPS) is 17.2. The van der Waals surface area contributed by atoms with Gasteiger partial charge in [-0.25, -0.2) is 0 Å². The van der Waals surface area contributed by atoms with Crippen molar-refractivity contribution < 1.29 is 9.59 Å². The van der Waals surface area contributed by atoms with Crippen LogP contribution < -0.4 is 10.9 Å². The van der Waals surface area contributed by atoms with Gasteiger partial charge in [0.25, 0.3) is 11.5 Å². The lowest BCUT2D eigenvalue weighted by Gasteiger charge is -2.18. The highest BCUT2D eigenvalue weighted by molar-refractivity contribution is 6.31. The lowest BCUT2D eigenvalue weighted by Crippen LogP contribution is -2.36. The highest BCUT2D eigenvalue weighted by Crippen LogP contribution is 2.49. The Bertz CT molecular complexity index is 991. The predicted octanol–water partition coefficient (Wildman–Crippen LogP) is 2.59. The van der Waals surface area contributed by atoms with Gasteiger partial charge in [-0.3, -0.25) is 14.4 Å². The first kappa shape index (κ1) is 19.7. The second-order valence-electron chi connectivity index (χ2n) is 7.91. The van der Waals surface area contributed by atoms with Crippen LogP contribution in [0.2, 0.25) is 5.02 Å². The van der Waals surface area contributed by atoms with Crippen molar-refractivity contribution in [2.45, 2.75) is 37.6 Å². The summed E-state index contributed by atoms with van der Waals surface area (Å²) in [5.41, 5.74) is 1.02. The van der Waals surface area contributed by atoms with Crippen LogP contribution in [0.1, 0.15) is 41.6 Å². The zero-order chi connectivity index (χ0) is 20.4. The van der Waals surface area contributed by atoms with Crippen LogP contribution in [-0.2, 0) is 16.8 Å². The molecule has 152 valence electrons. The molecule has 29 heavy (non-hydrogen) atoms. The van der Waals surface area contributed by atoms with Crippen LogP contribution in [0.5, 0.6) is 0 Å². The molecule has 2 heterocycles. The van der Waals surface area contributed by atoms with Crippen molar-refractivity contribution in [3.05, 3.63) is 69.1 Å². The van der Waals surface area contributed by atoms with Gasteiger partial charge in [0, 0.05) is 42.3 Å². The van der Waals surface area contributed by atoms with Crippen molar-refractivity contribution in [1.82, 2.24) is 14.8 Å². The Kier molecular flexibility index (Phi) is 5.46. The number of halogens is 1. The molecule has 1 aromatic carbocycles. The van der Waals surface area contributed by atoms with Crippen molar-refractivity contribution in [3.8, 4) is 0 Å². The van der Waals surface area contributed by atoms with Crippen molar-refractivity contribution in [3.63, 3.8) is 0 Å². The molecule has 0 atom stereocenters. The number of rotatable bonds is 6. The Morgan fingerprint density at radius 1 is 1.07 bits per heavy atom. The van der Waals surface area contributed by atoms with Crippen LogP contribution >= 0.6 is 11.6 Å². The highest BCUT2D eigenvalue weighted by atomic mass is 35.5. The third-order valence-electron chi connectivity index (χ3n) is 5.90. The fraction of sp³-hybridized carbons (Fsp3) is 0.409. The highest BCUT2D eigenvalue weighted by Gasteiger charge is 2.45. The zero-order valence-electron chi connectivity index (χ0n) is 16.2. The molecular formula is C22H24ClN3O3. The number of amides is 2. The average molecular weight is 414 g/mol. The van der Waals surface area contributed by atoms with Gasteiger partial charge in [-0.2, -0.15) is 0 Å². The largest absolute Gasteiger partial charge is 0.351 e. The van der Waals surface area contributed by atoms with E-state index in [1.165, 1.54) is 22.9 Å². The van der Waals surface area contributed by atoms with Crippen molar-refractivity contribution in [1.29, 1.82) is 0 Å². The Labute approximate surface area is 174 Å². The van der Waals surface area contributed by atoms with Gasteiger partial charge in [0.05, 0.1) is 5.56 Å². The van der Waals surface area contributed by atoms with Crippen molar-refractivity contribution in [2.75, 3.05) is 19.6 Å². The van der Waals surface area contributed by atoms with Gasteiger partial charge in [-0.15, -0.1) is 0 Å². The molecule has 6 nitrogen and oxygen atoms in total. The Morgan fingerprint density at radius 3 is 2.48 bits per heavy atom. The number of hydrogen-bond donors (Lipinski definition) is 1. The summed E-state index contributed by atoms with van der Waals surface area (Å²) in [7, 11) is 0. The average Bonchev–Trinajstić information content (AvgIpc) is 3.29. The first-order valence-corrected chi connectivity index (χ1v) is 10.4. The van der Waals surface area contributed by atoms with Crippen LogP contribution in [-0.4, -0.2) is 40.9 Å². The number of pyridine rings is 1. The third kappa shape index (κ3) is 4.22. The van der Waals surface area contributed by atoms with Gasteiger partial charge >= 0.3 is 0 Å². The minimum Gasteiger partial charge on any atom is -0.351 e. The number of benzene rings is 1. The molecule has 2 aliphatic rings. The standard InChI is InChI=1S/C22H24ClN3O3/c23-18-6-2-1-5-17(18)22(9-10-22)15-24-21(29)16-7-8-19(27)26(13-16)14-20(28)25-11-3-4-12-25/h1-2,5-8,13H,3-4,9-12,14-15H2,(H,24,29). The van der Waals surface area contributed by atoms with E-state index in [4.69, 9.17) is 11.6 Å². The van der Waals surface area contributed by atoms with Gasteiger partial charge in [0.1, 0.15) is 6.54 Å². The van der Waals surface area contributed by atoms with Crippen LogP contribution in [0.25, 0.3) is 0 Å². The molecule has 7 heteroatoms. The second-order valence-corrected chi connectivity index (χ2v) is 8.32. The van der Waals surface area contributed by atoms with E-state index in [9.17, 15) is 14.4 Å². The van der Waals surface area contributed by atoms with Gasteiger partial charge in [0.15, 0.2) is 0 Å². The monoisotopic (exact) mass is 413 g/mol. The molecule has 1 aliphatic heterocycles. The SMILES string of the molecule is O=C(NCC1(c2ccccc2Cl)CC1)c1ccc(=O)n(CC(=O)N2CCCC2)c1. The Balaban J connectivity index is 1.43. The summed E-state index contributed by atoms with van der Waals surface area (Å²) < 4.78 is 1.32. The minimum atomic E-state index is -0.288. The molecule has 1 aromatic heterocycles. The molecule has 1 saturated heterocycles. The Hall–Kier alpha value is -2.60. The molecule has 2 fully saturated rings. The zero-order valence-corrected chi connectivity index (χ0v) is 17.0. The molecule has 0 unspecified atom stereocenters. The minimum absolute atomic E-state index is 0.0382.